The van der Waals surface area contributed by atoms with Crippen LogP contribution in [0.4, 0.5) is 5.69 Å². The fourth-order valence-electron chi connectivity index (χ4n) is 2.63. The van der Waals surface area contributed by atoms with E-state index in [0.29, 0.717) is 17.0 Å². The summed E-state index contributed by atoms with van der Waals surface area (Å²) in [6, 6.07) is 21.7. The highest BCUT2D eigenvalue weighted by Crippen LogP contribution is 2.35. The van der Waals surface area contributed by atoms with E-state index in [-0.39, 0.29) is 5.91 Å². The molecule has 6 heteroatoms. The number of methoxy groups -OCH3 is 1. The van der Waals surface area contributed by atoms with E-state index >= 15 is 0 Å². The van der Waals surface area contributed by atoms with Gasteiger partial charge < -0.3 is 10.1 Å². The van der Waals surface area contributed by atoms with Gasteiger partial charge in [-0.05, 0) is 35.9 Å². The Hall–Kier alpha value is -2.57. The zero-order valence-corrected chi connectivity index (χ0v) is 17.1. The van der Waals surface area contributed by atoms with E-state index in [2.05, 4.69) is 17.4 Å². The molecule has 1 aromatic heterocycles. The third kappa shape index (κ3) is 5.47. The van der Waals surface area contributed by atoms with Gasteiger partial charge in [-0.3, -0.25) is 4.79 Å². The molecule has 0 fully saturated rings. The number of benzene rings is 2. The highest BCUT2D eigenvalue weighted by Gasteiger charge is 2.19. The maximum atomic E-state index is 12.4. The van der Waals surface area contributed by atoms with E-state index in [9.17, 15) is 9.59 Å². The van der Waals surface area contributed by atoms with Gasteiger partial charge in [0.1, 0.15) is 4.88 Å². The third-order valence-electron chi connectivity index (χ3n) is 4.00. The Labute approximate surface area is 172 Å². The molecule has 0 aliphatic carbocycles. The van der Waals surface area contributed by atoms with Gasteiger partial charge in [-0.15, -0.1) is 23.1 Å². The molecular weight excluding hydrogens is 390 g/mol. The minimum Gasteiger partial charge on any atom is -0.465 e. The molecule has 0 unspecified atom stereocenters. The molecule has 0 radical (unpaired) electrons. The van der Waals surface area contributed by atoms with Gasteiger partial charge in [0.15, 0.2) is 0 Å². The van der Waals surface area contributed by atoms with Crippen molar-refractivity contribution in [2.75, 3.05) is 18.2 Å². The second-order valence-electron chi connectivity index (χ2n) is 6.02. The minimum atomic E-state index is -0.442. The fourth-order valence-corrected chi connectivity index (χ4v) is 4.54. The van der Waals surface area contributed by atoms with Crippen molar-refractivity contribution < 1.29 is 14.3 Å². The van der Waals surface area contributed by atoms with Crippen molar-refractivity contribution in [1.82, 2.24) is 0 Å². The molecular formula is C22H21NO3S2. The maximum Gasteiger partial charge on any atom is 0.350 e. The van der Waals surface area contributed by atoms with E-state index in [1.54, 1.807) is 11.8 Å². The van der Waals surface area contributed by atoms with Crippen LogP contribution in [-0.2, 0) is 9.53 Å². The van der Waals surface area contributed by atoms with Crippen LogP contribution in [-0.4, -0.2) is 24.7 Å². The van der Waals surface area contributed by atoms with E-state index in [1.807, 2.05) is 54.6 Å². The van der Waals surface area contributed by atoms with E-state index in [1.165, 1.54) is 23.3 Å². The van der Waals surface area contributed by atoms with Gasteiger partial charge in [-0.25, -0.2) is 4.79 Å². The summed E-state index contributed by atoms with van der Waals surface area (Å²) in [4.78, 5) is 27.0. The molecule has 3 rings (SSSR count). The van der Waals surface area contributed by atoms with Crippen LogP contribution in [0.5, 0.6) is 0 Å². The number of carbonyl (C=O) groups is 2. The highest BCUT2D eigenvalue weighted by atomic mass is 32.2. The summed E-state index contributed by atoms with van der Waals surface area (Å²) >= 11 is 3.05. The van der Waals surface area contributed by atoms with Crippen molar-refractivity contribution in [3.63, 3.8) is 0 Å². The normalized spacial score (nSPS) is 10.5. The van der Waals surface area contributed by atoms with Gasteiger partial charge in [0.25, 0.3) is 0 Å². The molecule has 1 heterocycles. The predicted molar refractivity (Wildman–Crippen MR) is 116 cm³/mol. The average Bonchev–Trinajstić information content (AvgIpc) is 3.16. The Bertz CT molecular complexity index is 923. The largest absolute Gasteiger partial charge is 0.465 e. The van der Waals surface area contributed by atoms with Crippen molar-refractivity contribution in [2.45, 2.75) is 17.7 Å². The van der Waals surface area contributed by atoms with Crippen LogP contribution < -0.4 is 5.32 Å². The topological polar surface area (TPSA) is 55.4 Å². The van der Waals surface area contributed by atoms with E-state index in [4.69, 9.17) is 4.74 Å². The van der Waals surface area contributed by atoms with Crippen molar-refractivity contribution in [1.29, 1.82) is 0 Å². The molecule has 28 heavy (non-hydrogen) atoms. The first-order valence-corrected chi connectivity index (χ1v) is 10.7. The summed E-state index contributed by atoms with van der Waals surface area (Å²) in [6.07, 6.45) is 1.16. The molecule has 2 aromatic carbocycles. The number of amides is 1. The maximum absolute atomic E-state index is 12.4. The van der Waals surface area contributed by atoms with Crippen LogP contribution in [0.15, 0.2) is 71.6 Å². The number of esters is 1. The first-order chi connectivity index (χ1) is 13.7. The van der Waals surface area contributed by atoms with Gasteiger partial charge >= 0.3 is 5.97 Å². The van der Waals surface area contributed by atoms with Crippen molar-refractivity contribution in [2.24, 2.45) is 0 Å². The number of thiophene rings is 1. The van der Waals surface area contributed by atoms with Gasteiger partial charge in [0.2, 0.25) is 5.91 Å². The van der Waals surface area contributed by atoms with Crippen LogP contribution in [0.1, 0.15) is 22.5 Å². The molecule has 1 amide bonds. The zero-order chi connectivity index (χ0) is 19.8. The van der Waals surface area contributed by atoms with Gasteiger partial charge in [0, 0.05) is 16.2 Å². The molecule has 0 saturated heterocycles. The lowest BCUT2D eigenvalue weighted by Crippen LogP contribution is -2.13. The smallest absolute Gasteiger partial charge is 0.350 e. The summed E-state index contributed by atoms with van der Waals surface area (Å²) in [5, 5.41) is 2.88. The second-order valence-corrected chi connectivity index (χ2v) is 8.24. The standard InChI is InChI=1S/C22H21NO3S2/c1-26-22(25)21-18(15-19(28-21)16-9-4-2-5-10-16)23-20(24)13-8-14-27-17-11-6-3-7-12-17/h2-7,9-12,15H,8,13-14H2,1H3,(H,23,24). The molecule has 144 valence electrons. The summed E-state index contributed by atoms with van der Waals surface area (Å²) in [6.45, 7) is 0. The number of rotatable bonds is 8. The molecule has 0 bridgehead atoms. The molecule has 1 N–H and O–H groups in total. The number of ether oxygens (including phenoxy) is 1. The summed E-state index contributed by atoms with van der Waals surface area (Å²) < 4.78 is 4.87. The number of anilines is 1. The monoisotopic (exact) mass is 411 g/mol. The van der Waals surface area contributed by atoms with Crippen LogP contribution in [0.3, 0.4) is 0 Å². The van der Waals surface area contributed by atoms with Crippen molar-refractivity contribution in [3.8, 4) is 10.4 Å². The average molecular weight is 412 g/mol. The molecule has 0 atom stereocenters. The van der Waals surface area contributed by atoms with Gasteiger partial charge in [-0.1, -0.05) is 48.5 Å². The SMILES string of the molecule is COC(=O)c1sc(-c2ccccc2)cc1NC(=O)CCCSc1ccccc1. The van der Waals surface area contributed by atoms with E-state index in [0.717, 1.165) is 22.6 Å². The quantitative estimate of drug-likeness (QED) is 0.293. The number of thioether (sulfide) groups is 1. The number of carbonyl (C=O) groups excluding carboxylic acids is 2. The molecule has 0 aliphatic heterocycles. The van der Waals surface area contributed by atoms with Gasteiger partial charge in [0.05, 0.1) is 12.8 Å². The lowest BCUT2D eigenvalue weighted by atomic mass is 10.2. The zero-order valence-electron chi connectivity index (χ0n) is 15.5. The first kappa shape index (κ1) is 20.2. The number of hydrogen-bond donors (Lipinski definition) is 1. The lowest BCUT2D eigenvalue weighted by Gasteiger charge is -2.05. The molecule has 4 nitrogen and oxygen atoms in total. The van der Waals surface area contributed by atoms with Gasteiger partial charge in [-0.2, -0.15) is 0 Å². The fraction of sp³-hybridized carbons (Fsp3) is 0.182. The minimum absolute atomic E-state index is 0.101. The highest BCUT2D eigenvalue weighted by molar-refractivity contribution is 7.99. The van der Waals surface area contributed by atoms with Crippen LogP contribution >= 0.6 is 23.1 Å². The summed E-state index contributed by atoms with van der Waals surface area (Å²) in [5.41, 5.74) is 1.51. The molecule has 0 spiro atoms. The van der Waals surface area contributed by atoms with Crippen LogP contribution in [0, 0.1) is 0 Å². The Morgan fingerprint density at radius 1 is 1.04 bits per heavy atom. The Balaban J connectivity index is 1.61. The Kier molecular flexibility index (Phi) is 7.28. The van der Waals surface area contributed by atoms with Crippen LogP contribution in [0.25, 0.3) is 10.4 Å². The Morgan fingerprint density at radius 2 is 1.71 bits per heavy atom. The van der Waals surface area contributed by atoms with Crippen LogP contribution in [0.2, 0.25) is 0 Å². The van der Waals surface area contributed by atoms with Crippen molar-refractivity contribution in [3.05, 3.63) is 71.6 Å². The summed E-state index contributed by atoms with van der Waals surface area (Å²) in [5.74, 6) is 0.318. The Morgan fingerprint density at radius 3 is 2.39 bits per heavy atom. The number of nitrogens with one attached hydrogen (secondary N) is 1. The first-order valence-electron chi connectivity index (χ1n) is 8.92. The van der Waals surface area contributed by atoms with Crippen molar-refractivity contribution >= 4 is 40.7 Å². The molecule has 0 saturated carbocycles. The number of hydrogen-bond acceptors (Lipinski definition) is 5. The molecule has 0 aliphatic rings. The van der Waals surface area contributed by atoms with E-state index < -0.39 is 5.97 Å². The predicted octanol–water partition coefficient (Wildman–Crippen LogP) is 5.71. The summed E-state index contributed by atoms with van der Waals surface area (Å²) in [7, 11) is 1.34. The third-order valence-corrected chi connectivity index (χ3v) is 6.26. The lowest BCUT2D eigenvalue weighted by molar-refractivity contribution is -0.116. The second kappa shape index (κ2) is 10.1. The molecule has 3 aromatic rings.